The molecule has 1 atom stereocenters. The highest BCUT2D eigenvalue weighted by atomic mass is 16.5. The summed E-state index contributed by atoms with van der Waals surface area (Å²) in [7, 11) is 0. The number of carbonyl (C=O) groups is 2. The third-order valence-electron chi connectivity index (χ3n) is 4.72. The van der Waals surface area contributed by atoms with Gasteiger partial charge in [0.2, 0.25) is 0 Å². The van der Waals surface area contributed by atoms with Gasteiger partial charge in [0.15, 0.2) is 0 Å². The first-order valence-corrected chi connectivity index (χ1v) is 10.8. The van der Waals surface area contributed by atoms with Crippen LogP contribution in [-0.4, -0.2) is 18.9 Å². The lowest BCUT2D eigenvalue weighted by Crippen LogP contribution is -2.12. The Bertz CT molecular complexity index is 302. The smallest absolute Gasteiger partial charge is 0.305 e. The van der Waals surface area contributed by atoms with Crippen LogP contribution in [0.25, 0.3) is 0 Å². The summed E-state index contributed by atoms with van der Waals surface area (Å²) in [6.07, 6.45) is 21.2. The van der Waals surface area contributed by atoms with Crippen molar-refractivity contribution in [3.63, 3.8) is 0 Å². The topological polar surface area (TPSA) is 43.4 Å². The summed E-state index contributed by atoms with van der Waals surface area (Å²) in [4.78, 5) is 21.9. The summed E-state index contributed by atoms with van der Waals surface area (Å²) in [5.74, 6) is -0.353. The van der Waals surface area contributed by atoms with E-state index in [0.717, 1.165) is 19.1 Å². The molecule has 0 radical (unpaired) electrons. The average molecular weight is 355 g/mol. The summed E-state index contributed by atoms with van der Waals surface area (Å²) < 4.78 is 5.04. The third kappa shape index (κ3) is 19.3. The first-order chi connectivity index (χ1) is 12.2. The molecule has 0 N–H and O–H groups in total. The molecule has 0 saturated heterocycles. The van der Waals surface area contributed by atoms with Crippen LogP contribution in [0.4, 0.5) is 0 Å². The van der Waals surface area contributed by atoms with Crippen LogP contribution < -0.4 is 0 Å². The van der Waals surface area contributed by atoms with Crippen molar-refractivity contribution in [1.82, 2.24) is 0 Å². The molecule has 0 aliphatic rings. The highest BCUT2D eigenvalue weighted by molar-refractivity contribution is 5.69. The summed E-state index contributed by atoms with van der Waals surface area (Å²) in [5.41, 5.74) is 0. The largest absolute Gasteiger partial charge is 0.465 e. The first-order valence-electron chi connectivity index (χ1n) is 10.8. The van der Waals surface area contributed by atoms with Gasteiger partial charge in [-0.15, -0.1) is 0 Å². The van der Waals surface area contributed by atoms with E-state index >= 15 is 0 Å². The van der Waals surface area contributed by atoms with Crippen LogP contribution in [0.2, 0.25) is 0 Å². The standard InChI is InChI=1S/C22H42O3/c1-3-4-5-6-7-8-9-10-11-12-13-14-15-16-17-18-22(24)25-20-21(2)19-23/h19,21H,3-18,20H2,1-2H3. The van der Waals surface area contributed by atoms with Crippen molar-refractivity contribution >= 4 is 12.3 Å². The van der Waals surface area contributed by atoms with Gasteiger partial charge in [0.1, 0.15) is 12.9 Å². The Morgan fingerprint density at radius 2 is 1.16 bits per heavy atom. The minimum absolute atomic E-state index is 0.164. The molecule has 25 heavy (non-hydrogen) atoms. The number of rotatable bonds is 19. The van der Waals surface area contributed by atoms with Crippen molar-refractivity contribution in [1.29, 1.82) is 0 Å². The van der Waals surface area contributed by atoms with Crippen molar-refractivity contribution in [2.45, 2.75) is 117 Å². The second-order valence-electron chi connectivity index (χ2n) is 7.50. The fourth-order valence-corrected chi connectivity index (χ4v) is 2.98. The molecular weight excluding hydrogens is 312 g/mol. The van der Waals surface area contributed by atoms with E-state index in [4.69, 9.17) is 4.74 Å². The molecule has 3 nitrogen and oxygen atoms in total. The van der Waals surface area contributed by atoms with Gasteiger partial charge in [0.25, 0.3) is 0 Å². The van der Waals surface area contributed by atoms with Gasteiger partial charge in [0.05, 0.1) is 0 Å². The lowest BCUT2D eigenvalue weighted by molar-refractivity contribution is -0.145. The molecule has 1 unspecified atom stereocenters. The fraction of sp³-hybridized carbons (Fsp3) is 0.909. The van der Waals surface area contributed by atoms with Crippen LogP contribution >= 0.6 is 0 Å². The number of carbonyl (C=O) groups excluding carboxylic acids is 2. The van der Waals surface area contributed by atoms with Crippen LogP contribution in [0.5, 0.6) is 0 Å². The Hall–Kier alpha value is -0.860. The molecule has 0 rings (SSSR count). The number of ether oxygens (including phenoxy) is 1. The molecular formula is C22H42O3. The van der Waals surface area contributed by atoms with Gasteiger partial charge in [-0.05, 0) is 6.42 Å². The van der Waals surface area contributed by atoms with Crippen molar-refractivity contribution in [2.75, 3.05) is 6.61 Å². The van der Waals surface area contributed by atoms with Crippen LogP contribution in [0.1, 0.15) is 117 Å². The molecule has 0 aromatic heterocycles. The lowest BCUT2D eigenvalue weighted by atomic mass is 10.0. The van der Waals surface area contributed by atoms with Crippen LogP contribution in [0.3, 0.4) is 0 Å². The van der Waals surface area contributed by atoms with Crippen LogP contribution in [-0.2, 0) is 14.3 Å². The third-order valence-corrected chi connectivity index (χ3v) is 4.72. The van der Waals surface area contributed by atoms with Gasteiger partial charge < -0.3 is 9.53 Å². The van der Waals surface area contributed by atoms with Crippen molar-refractivity contribution in [2.24, 2.45) is 5.92 Å². The molecule has 0 spiro atoms. The normalized spacial score (nSPS) is 12.1. The summed E-state index contributed by atoms with van der Waals surface area (Å²) in [5, 5.41) is 0. The van der Waals surface area contributed by atoms with E-state index in [0.29, 0.717) is 6.42 Å². The lowest BCUT2D eigenvalue weighted by Gasteiger charge is -2.06. The van der Waals surface area contributed by atoms with Crippen molar-refractivity contribution in [3.8, 4) is 0 Å². The minimum Gasteiger partial charge on any atom is -0.465 e. The molecule has 0 aliphatic carbocycles. The van der Waals surface area contributed by atoms with E-state index in [-0.39, 0.29) is 18.5 Å². The minimum atomic E-state index is -0.190. The van der Waals surface area contributed by atoms with E-state index in [9.17, 15) is 9.59 Å². The van der Waals surface area contributed by atoms with Crippen molar-refractivity contribution < 1.29 is 14.3 Å². The monoisotopic (exact) mass is 354 g/mol. The Labute approximate surface area is 156 Å². The zero-order valence-electron chi connectivity index (χ0n) is 16.9. The van der Waals surface area contributed by atoms with E-state index in [1.54, 1.807) is 6.92 Å². The summed E-state index contributed by atoms with van der Waals surface area (Å²) in [6.45, 7) is 4.25. The maximum atomic E-state index is 11.5. The van der Waals surface area contributed by atoms with Gasteiger partial charge >= 0.3 is 5.97 Å². The van der Waals surface area contributed by atoms with E-state index < -0.39 is 0 Å². The number of hydrogen-bond donors (Lipinski definition) is 0. The van der Waals surface area contributed by atoms with E-state index in [2.05, 4.69) is 6.92 Å². The van der Waals surface area contributed by atoms with Crippen molar-refractivity contribution in [3.05, 3.63) is 0 Å². The second-order valence-corrected chi connectivity index (χ2v) is 7.50. The molecule has 0 heterocycles. The van der Waals surface area contributed by atoms with Crippen LogP contribution in [0, 0.1) is 5.92 Å². The average Bonchev–Trinajstić information content (AvgIpc) is 2.62. The van der Waals surface area contributed by atoms with E-state index in [1.807, 2.05) is 0 Å². The molecule has 0 saturated carbocycles. The Morgan fingerprint density at radius 3 is 1.56 bits per heavy atom. The molecule has 0 aromatic carbocycles. The second kappa shape index (κ2) is 19.5. The molecule has 0 amide bonds. The van der Waals surface area contributed by atoms with Gasteiger partial charge in [-0.2, -0.15) is 0 Å². The van der Waals surface area contributed by atoms with Crippen LogP contribution in [0.15, 0.2) is 0 Å². The first kappa shape index (κ1) is 24.1. The Balaban J connectivity index is 3.14. The SMILES string of the molecule is CCCCCCCCCCCCCCCCCC(=O)OCC(C)C=O. The van der Waals surface area contributed by atoms with Gasteiger partial charge in [-0.25, -0.2) is 0 Å². The maximum absolute atomic E-state index is 11.5. The quantitative estimate of drug-likeness (QED) is 0.149. The summed E-state index contributed by atoms with van der Waals surface area (Å²) in [6, 6.07) is 0. The Morgan fingerprint density at radius 1 is 0.760 bits per heavy atom. The predicted molar refractivity (Wildman–Crippen MR) is 106 cm³/mol. The van der Waals surface area contributed by atoms with Gasteiger partial charge in [0, 0.05) is 12.3 Å². The zero-order valence-corrected chi connectivity index (χ0v) is 16.9. The molecule has 0 bridgehead atoms. The molecule has 148 valence electrons. The number of aldehydes is 1. The highest BCUT2D eigenvalue weighted by Crippen LogP contribution is 2.13. The summed E-state index contributed by atoms with van der Waals surface area (Å²) >= 11 is 0. The van der Waals surface area contributed by atoms with Gasteiger partial charge in [-0.3, -0.25) is 4.79 Å². The zero-order chi connectivity index (χ0) is 18.6. The van der Waals surface area contributed by atoms with E-state index in [1.165, 1.54) is 83.5 Å². The molecule has 0 fully saturated rings. The Kier molecular flexibility index (Phi) is 18.8. The highest BCUT2D eigenvalue weighted by Gasteiger charge is 2.06. The number of hydrogen-bond acceptors (Lipinski definition) is 3. The van der Waals surface area contributed by atoms with Gasteiger partial charge in [-0.1, -0.05) is 104 Å². The molecule has 3 heteroatoms. The molecule has 0 aliphatic heterocycles. The number of unbranched alkanes of at least 4 members (excludes halogenated alkanes) is 14. The maximum Gasteiger partial charge on any atom is 0.305 e. The molecule has 0 aromatic rings. The predicted octanol–water partition coefficient (Wildman–Crippen LogP) is 6.63. The fourth-order valence-electron chi connectivity index (χ4n) is 2.98. The number of esters is 1.